The third kappa shape index (κ3) is 4.48. The minimum absolute atomic E-state index is 0.0443. The smallest absolute Gasteiger partial charge is 0.310 e. The van der Waals surface area contributed by atoms with Crippen LogP contribution < -0.4 is 10.1 Å². The van der Waals surface area contributed by atoms with Crippen LogP contribution in [0.3, 0.4) is 0 Å². The molecule has 3 rings (SSSR count). The SMILES string of the molecule is Cc1ccoc1C(=O)NC1CCN(C(=O)COc2ccccc2[N+](=O)[O-])CC1. The molecule has 0 aliphatic carbocycles. The second-order valence-corrected chi connectivity index (χ2v) is 6.57. The lowest BCUT2D eigenvalue weighted by Crippen LogP contribution is -2.47. The van der Waals surface area contributed by atoms with E-state index in [0.717, 1.165) is 5.56 Å². The molecule has 1 fully saturated rings. The Bertz CT molecular complexity index is 870. The minimum atomic E-state index is -0.547. The average molecular weight is 387 g/mol. The van der Waals surface area contributed by atoms with E-state index in [4.69, 9.17) is 9.15 Å². The molecular weight excluding hydrogens is 366 g/mol. The Balaban J connectivity index is 1.47. The van der Waals surface area contributed by atoms with Gasteiger partial charge in [-0.05, 0) is 31.9 Å². The molecule has 1 aromatic carbocycles. The van der Waals surface area contributed by atoms with E-state index in [1.165, 1.54) is 24.5 Å². The lowest BCUT2D eigenvalue weighted by molar-refractivity contribution is -0.385. The Morgan fingerprint density at radius 3 is 2.64 bits per heavy atom. The highest BCUT2D eigenvalue weighted by atomic mass is 16.6. The van der Waals surface area contributed by atoms with Gasteiger partial charge >= 0.3 is 5.69 Å². The number of nitro groups is 1. The summed E-state index contributed by atoms with van der Waals surface area (Å²) in [6.07, 6.45) is 2.70. The molecule has 0 atom stereocenters. The van der Waals surface area contributed by atoms with Gasteiger partial charge in [-0.3, -0.25) is 19.7 Å². The molecule has 1 aliphatic rings. The first-order valence-corrected chi connectivity index (χ1v) is 8.94. The number of amides is 2. The van der Waals surface area contributed by atoms with Gasteiger partial charge in [0.2, 0.25) is 0 Å². The number of hydrogen-bond acceptors (Lipinski definition) is 6. The van der Waals surface area contributed by atoms with Gasteiger partial charge in [-0.1, -0.05) is 12.1 Å². The van der Waals surface area contributed by atoms with Crippen LogP contribution in [0.25, 0.3) is 0 Å². The molecule has 1 saturated heterocycles. The molecule has 2 aromatic rings. The Hall–Kier alpha value is -3.36. The number of para-hydroxylation sites is 2. The van der Waals surface area contributed by atoms with Crippen molar-refractivity contribution in [1.29, 1.82) is 0 Å². The van der Waals surface area contributed by atoms with E-state index in [1.54, 1.807) is 24.0 Å². The van der Waals surface area contributed by atoms with E-state index >= 15 is 0 Å². The maximum atomic E-state index is 12.3. The quantitative estimate of drug-likeness (QED) is 0.601. The number of rotatable bonds is 6. The lowest BCUT2D eigenvalue weighted by atomic mass is 10.0. The molecule has 148 valence electrons. The number of carbonyl (C=O) groups excluding carboxylic acids is 2. The van der Waals surface area contributed by atoms with Gasteiger partial charge in [-0.2, -0.15) is 0 Å². The summed E-state index contributed by atoms with van der Waals surface area (Å²) in [4.78, 5) is 36.6. The Morgan fingerprint density at radius 1 is 1.29 bits per heavy atom. The molecule has 2 heterocycles. The number of aryl methyl sites for hydroxylation is 1. The summed E-state index contributed by atoms with van der Waals surface area (Å²) in [5.74, 6) is -0.134. The normalized spacial score (nSPS) is 14.5. The van der Waals surface area contributed by atoms with Crippen molar-refractivity contribution >= 4 is 17.5 Å². The molecule has 2 amide bonds. The fraction of sp³-hybridized carbons (Fsp3) is 0.368. The number of benzene rings is 1. The van der Waals surface area contributed by atoms with Gasteiger partial charge in [-0.15, -0.1) is 0 Å². The van der Waals surface area contributed by atoms with Crippen LogP contribution in [0.1, 0.15) is 29.0 Å². The third-order valence-corrected chi connectivity index (χ3v) is 4.66. The van der Waals surface area contributed by atoms with Gasteiger partial charge in [0.05, 0.1) is 11.2 Å². The molecule has 0 radical (unpaired) electrons. The number of nitrogens with one attached hydrogen (secondary N) is 1. The van der Waals surface area contributed by atoms with Crippen molar-refractivity contribution in [3.63, 3.8) is 0 Å². The summed E-state index contributed by atoms with van der Waals surface area (Å²) in [5.41, 5.74) is 0.599. The molecule has 9 heteroatoms. The van der Waals surface area contributed by atoms with Crippen molar-refractivity contribution in [3.05, 3.63) is 58.0 Å². The highest BCUT2D eigenvalue weighted by molar-refractivity contribution is 5.93. The predicted molar refractivity (Wildman–Crippen MR) is 99.1 cm³/mol. The highest BCUT2D eigenvalue weighted by Gasteiger charge is 2.26. The summed E-state index contributed by atoms with van der Waals surface area (Å²) in [5, 5.41) is 13.9. The minimum Gasteiger partial charge on any atom is -0.477 e. The van der Waals surface area contributed by atoms with Crippen LogP contribution >= 0.6 is 0 Å². The predicted octanol–water partition coefficient (Wildman–Crippen LogP) is 2.30. The number of furan rings is 1. The molecule has 1 aromatic heterocycles. The van der Waals surface area contributed by atoms with Gasteiger partial charge in [0, 0.05) is 30.8 Å². The monoisotopic (exact) mass is 387 g/mol. The summed E-state index contributed by atoms with van der Waals surface area (Å²) >= 11 is 0. The first-order chi connectivity index (χ1) is 13.5. The molecule has 0 unspecified atom stereocenters. The second kappa shape index (κ2) is 8.55. The number of ether oxygens (including phenoxy) is 1. The summed E-state index contributed by atoms with van der Waals surface area (Å²) in [6, 6.07) is 7.63. The van der Waals surface area contributed by atoms with Crippen molar-refractivity contribution in [2.45, 2.75) is 25.8 Å². The van der Waals surface area contributed by atoms with Crippen molar-refractivity contribution < 1.29 is 23.7 Å². The lowest BCUT2D eigenvalue weighted by Gasteiger charge is -2.32. The Labute approximate surface area is 161 Å². The van der Waals surface area contributed by atoms with E-state index in [0.29, 0.717) is 31.7 Å². The molecule has 9 nitrogen and oxygen atoms in total. The van der Waals surface area contributed by atoms with Crippen LogP contribution in [0.15, 0.2) is 41.0 Å². The van der Waals surface area contributed by atoms with Crippen LogP contribution in [-0.4, -0.2) is 47.4 Å². The molecule has 28 heavy (non-hydrogen) atoms. The van der Waals surface area contributed by atoms with E-state index in [-0.39, 0.29) is 35.9 Å². The summed E-state index contributed by atoms with van der Waals surface area (Å²) < 4.78 is 10.5. The largest absolute Gasteiger partial charge is 0.477 e. The van der Waals surface area contributed by atoms with Gasteiger partial charge in [0.25, 0.3) is 11.8 Å². The molecule has 0 bridgehead atoms. The fourth-order valence-corrected chi connectivity index (χ4v) is 3.09. The van der Waals surface area contributed by atoms with E-state index in [2.05, 4.69) is 5.32 Å². The van der Waals surface area contributed by atoms with E-state index < -0.39 is 4.92 Å². The van der Waals surface area contributed by atoms with Gasteiger partial charge < -0.3 is 19.4 Å². The van der Waals surface area contributed by atoms with Crippen molar-refractivity contribution in [1.82, 2.24) is 10.2 Å². The number of hydrogen-bond donors (Lipinski definition) is 1. The van der Waals surface area contributed by atoms with Crippen LogP contribution in [0.2, 0.25) is 0 Å². The van der Waals surface area contributed by atoms with Crippen LogP contribution in [0, 0.1) is 17.0 Å². The van der Waals surface area contributed by atoms with Crippen molar-refractivity contribution in [2.24, 2.45) is 0 Å². The van der Waals surface area contributed by atoms with Gasteiger partial charge in [0.15, 0.2) is 18.1 Å². The number of likely N-dealkylation sites (tertiary alicyclic amines) is 1. The maximum absolute atomic E-state index is 12.3. The molecule has 1 aliphatic heterocycles. The molecule has 1 N–H and O–H groups in total. The van der Waals surface area contributed by atoms with Crippen LogP contribution in [0.4, 0.5) is 5.69 Å². The first kappa shape index (κ1) is 19.4. The number of nitro benzene ring substituents is 1. The Kier molecular flexibility index (Phi) is 5.93. The Morgan fingerprint density at radius 2 is 2.00 bits per heavy atom. The average Bonchev–Trinajstić information content (AvgIpc) is 3.13. The standard InChI is InChI=1S/C19H21N3O6/c1-13-8-11-27-18(13)19(24)20-14-6-9-21(10-7-14)17(23)12-28-16-5-3-2-4-15(16)22(25)26/h2-5,8,11,14H,6-7,9-10,12H2,1H3,(H,20,24). The third-order valence-electron chi connectivity index (χ3n) is 4.66. The van der Waals surface area contributed by atoms with Gasteiger partial charge in [0.1, 0.15) is 0 Å². The molecule has 0 spiro atoms. The second-order valence-electron chi connectivity index (χ2n) is 6.57. The maximum Gasteiger partial charge on any atom is 0.310 e. The van der Waals surface area contributed by atoms with Crippen LogP contribution in [0.5, 0.6) is 5.75 Å². The highest BCUT2D eigenvalue weighted by Crippen LogP contribution is 2.25. The summed E-state index contributed by atoms with van der Waals surface area (Å²) in [6.45, 7) is 2.48. The first-order valence-electron chi connectivity index (χ1n) is 8.94. The topological polar surface area (TPSA) is 115 Å². The van der Waals surface area contributed by atoms with E-state index in [9.17, 15) is 19.7 Å². The number of piperidine rings is 1. The number of nitrogens with zero attached hydrogens (tertiary/aromatic N) is 2. The number of carbonyl (C=O) groups is 2. The van der Waals surface area contributed by atoms with Crippen molar-refractivity contribution in [3.8, 4) is 5.75 Å². The van der Waals surface area contributed by atoms with E-state index in [1.807, 2.05) is 0 Å². The zero-order chi connectivity index (χ0) is 20.1. The fourth-order valence-electron chi connectivity index (χ4n) is 3.09. The van der Waals surface area contributed by atoms with Crippen molar-refractivity contribution in [2.75, 3.05) is 19.7 Å². The molecular formula is C19H21N3O6. The molecule has 0 saturated carbocycles. The van der Waals surface area contributed by atoms with Crippen LogP contribution in [-0.2, 0) is 4.79 Å². The zero-order valence-electron chi connectivity index (χ0n) is 15.4. The summed E-state index contributed by atoms with van der Waals surface area (Å²) in [7, 11) is 0. The van der Waals surface area contributed by atoms with Gasteiger partial charge in [-0.25, -0.2) is 0 Å². The zero-order valence-corrected chi connectivity index (χ0v) is 15.4.